The lowest BCUT2D eigenvalue weighted by Crippen LogP contribution is -2.13. The molecule has 0 aliphatic carbocycles. The fourth-order valence-corrected chi connectivity index (χ4v) is 0.770. The normalized spacial score (nSPS) is 9.00. The Kier molecular flexibility index (Phi) is 38.5. The van der Waals surface area contributed by atoms with Gasteiger partial charge in [-0.1, -0.05) is 41.0 Å². The van der Waals surface area contributed by atoms with Gasteiger partial charge in [-0.25, -0.2) is 0 Å². The molecule has 0 bridgehead atoms. The number of rotatable bonds is 10. The standard InChI is InChI=1S/C9H21NO3.C3H8.C2H6.H2/c1-2-4-11-6-8-13-9-7-12-5-3-10;1-3-2;1-2;/h2-10H2,1H3;3H2,1-2H3;1-2H3;1H. The summed E-state index contributed by atoms with van der Waals surface area (Å²) >= 11 is 0. The molecule has 0 heterocycles. The second-order valence-corrected chi connectivity index (χ2v) is 3.33. The van der Waals surface area contributed by atoms with Crippen LogP contribution in [-0.4, -0.2) is 46.2 Å². The molecule has 0 saturated carbocycles. The molecule has 0 aliphatic rings. The number of nitrogens with two attached hydrogens (primary N) is 1. The van der Waals surface area contributed by atoms with Gasteiger partial charge in [-0.05, 0) is 6.42 Å². The van der Waals surface area contributed by atoms with Crippen LogP contribution in [0.4, 0.5) is 0 Å². The van der Waals surface area contributed by atoms with E-state index in [1.807, 2.05) is 13.8 Å². The number of ether oxygens (including phenoxy) is 3. The van der Waals surface area contributed by atoms with E-state index < -0.39 is 0 Å². The predicted octanol–water partition coefficient (Wildman–Crippen LogP) is 3.09. The molecule has 0 aromatic rings. The van der Waals surface area contributed by atoms with Gasteiger partial charge in [-0.2, -0.15) is 0 Å². The molecule has 0 atom stereocenters. The highest BCUT2D eigenvalue weighted by Crippen LogP contribution is 1.82. The SMILES string of the molecule is CC.CCC.CCCOCCOCCOCCN.[HH]. The maximum Gasteiger partial charge on any atom is 0.0701 e. The molecule has 0 amide bonds. The Balaban J connectivity index is -0.000000164. The number of hydrogen-bond donors (Lipinski definition) is 1. The van der Waals surface area contributed by atoms with Crippen molar-refractivity contribution >= 4 is 0 Å². The molecule has 0 fully saturated rings. The van der Waals surface area contributed by atoms with Gasteiger partial charge in [-0.3, -0.25) is 0 Å². The molecule has 4 heteroatoms. The smallest absolute Gasteiger partial charge is 0.0701 e. The molecular formula is C14H37NO3. The second kappa shape index (κ2) is 30.1. The van der Waals surface area contributed by atoms with Crippen molar-refractivity contribution in [3.63, 3.8) is 0 Å². The Bertz CT molecular complexity index is 98.7. The topological polar surface area (TPSA) is 53.7 Å². The summed E-state index contributed by atoms with van der Waals surface area (Å²) < 4.78 is 15.6. The average molecular weight is 267 g/mol. The summed E-state index contributed by atoms with van der Waals surface area (Å²) in [6.07, 6.45) is 2.31. The molecule has 2 N–H and O–H groups in total. The molecular weight excluding hydrogens is 230 g/mol. The first kappa shape index (κ1) is 23.0. The summed E-state index contributed by atoms with van der Waals surface area (Å²) in [7, 11) is 0. The quantitative estimate of drug-likeness (QED) is 0.618. The van der Waals surface area contributed by atoms with E-state index in [1.165, 1.54) is 6.42 Å². The lowest BCUT2D eigenvalue weighted by Gasteiger charge is -2.05. The third kappa shape index (κ3) is 36.0. The summed E-state index contributed by atoms with van der Waals surface area (Å²) in [5.74, 6) is 0. The van der Waals surface area contributed by atoms with Gasteiger partial charge < -0.3 is 19.9 Å². The van der Waals surface area contributed by atoms with Crippen molar-refractivity contribution in [1.82, 2.24) is 0 Å². The zero-order valence-corrected chi connectivity index (χ0v) is 13.2. The van der Waals surface area contributed by atoms with Gasteiger partial charge in [0.05, 0.1) is 33.0 Å². The molecule has 0 saturated heterocycles. The highest BCUT2D eigenvalue weighted by atomic mass is 16.5. The molecule has 0 aromatic heterocycles. The van der Waals surface area contributed by atoms with E-state index in [-0.39, 0.29) is 1.43 Å². The third-order valence-corrected chi connectivity index (χ3v) is 1.35. The predicted molar refractivity (Wildman–Crippen MR) is 81.2 cm³/mol. The Morgan fingerprint density at radius 2 is 1.06 bits per heavy atom. The van der Waals surface area contributed by atoms with Gasteiger partial charge in [0.2, 0.25) is 0 Å². The molecule has 18 heavy (non-hydrogen) atoms. The fourth-order valence-electron chi connectivity index (χ4n) is 0.770. The molecule has 0 unspecified atom stereocenters. The Labute approximate surface area is 116 Å². The molecule has 116 valence electrons. The highest BCUT2D eigenvalue weighted by Gasteiger charge is 1.89. The Morgan fingerprint density at radius 1 is 0.722 bits per heavy atom. The van der Waals surface area contributed by atoms with Crippen LogP contribution in [-0.2, 0) is 14.2 Å². The summed E-state index contributed by atoms with van der Waals surface area (Å²) in [5, 5.41) is 0. The maximum atomic E-state index is 5.24. The van der Waals surface area contributed by atoms with Gasteiger partial charge in [-0.15, -0.1) is 0 Å². The first-order valence-electron chi connectivity index (χ1n) is 7.26. The van der Waals surface area contributed by atoms with Crippen molar-refractivity contribution in [1.29, 1.82) is 0 Å². The van der Waals surface area contributed by atoms with E-state index in [1.54, 1.807) is 0 Å². The largest absolute Gasteiger partial charge is 0.379 e. The summed E-state index contributed by atoms with van der Waals surface area (Å²) in [5.41, 5.74) is 5.24. The van der Waals surface area contributed by atoms with Gasteiger partial charge in [0.15, 0.2) is 0 Å². The van der Waals surface area contributed by atoms with E-state index in [4.69, 9.17) is 19.9 Å². The minimum absolute atomic E-state index is 0. The summed E-state index contributed by atoms with van der Waals surface area (Å²) in [6.45, 7) is 14.9. The second-order valence-electron chi connectivity index (χ2n) is 3.33. The average Bonchev–Trinajstić information content (AvgIpc) is 2.40. The van der Waals surface area contributed by atoms with Gasteiger partial charge >= 0.3 is 0 Å². The van der Waals surface area contributed by atoms with E-state index in [9.17, 15) is 0 Å². The molecule has 0 radical (unpaired) electrons. The van der Waals surface area contributed by atoms with Gasteiger partial charge in [0, 0.05) is 14.6 Å². The molecule has 0 rings (SSSR count). The Hall–Kier alpha value is -0.160. The zero-order chi connectivity index (χ0) is 14.5. The highest BCUT2D eigenvalue weighted by molar-refractivity contribution is 4.34. The first-order chi connectivity index (χ1) is 8.83. The minimum Gasteiger partial charge on any atom is -0.379 e. The summed E-state index contributed by atoms with van der Waals surface area (Å²) in [4.78, 5) is 0. The van der Waals surface area contributed by atoms with Gasteiger partial charge in [0.1, 0.15) is 0 Å². The van der Waals surface area contributed by atoms with Crippen molar-refractivity contribution < 1.29 is 15.6 Å². The van der Waals surface area contributed by atoms with Crippen LogP contribution in [0.3, 0.4) is 0 Å². The van der Waals surface area contributed by atoms with Crippen LogP contribution >= 0.6 is 0 Å². The van der Waals surface area contributed by atoms with Crippen LogP contribution in [0.2, 0.25) is 0 Å². The molecule has 0 spiro atoms. The molecule has 0 aliphatic heterocycles. The van der Waals surface area contributed by atoms with Crippen molar-refractivity contribution in [3.05, 3.63) is 0 Å². The van der Waals surface area contributed by atoms with E-state index in [0.717, 1.165) is 13.0 Å². The zero-order valence-electron chi connectivity index (χ0n) is 13.2. The lowest BCUT2D eigenvalue weighted by molar-refractivity contribution is 0.0161. The minimum atomic E-state index is 0. The van der Waals surface area contributed by atoms with Crippen LogP contribution in [0.15, 0.2) is 0 Å². The molecule has 4 nitrogen and oxygen atoms in total. The summed E-state index contributed by atoms with van der Waals surface area (Å²) in [6, 6.07) is 0. The Morgan fingerprint density at radius 3 is 1.39 bits per heavy atom. The monoisotopic (exact) mass is 267 g/mol. The van der Waals surface area contributed by atoms with Crippen LogP contribution in [0.25, 0.3) is 0 Å². The van der Waals surface area contributed by atoms with Crippen LogP contribution in [0.1, 0.15) is 48.9 Å². The van der Waals surface area contributed by atoms with E-state index >= 15 is 0 Å². The van der Waals surface area contributed by atoms with E-state index in [0.29, 0.717) is 39.6 Å². The number of hydrogen-bond acceptors (Lipinski definition) is 4. The van der Waals surface area contributed by atoms with Crippen molar-refractivity contribution in [3.8, 4) is 0 Å². The van der Waals surface area contributed by atoms with Gasteiger partial charge in [0.25, 0.3) is 0 Å². The third-order valence-electron chi connectivity index (χ3n) is 1.35. The van der Waals surface area contributed by atoms with Crippen LogP contribution in [0.5, 0.6) is 0 Å². The van der Waals surface area contributed by atoms with Crippen molar-refractivity contribution in [2.75, 3.05) is 46.2 Å². The van der Waals surface area contributed by atoms with E-state index in [2.05, 4.69) is 20.8 Å². The van der Waals surface area contributed by atoms with Crippen LogP contribution < -0.4 is 5.73 Å². The van der Waals surface area contributed by atoms with Crippen LogP contribution in [0, 0.1) is 0 Å². The maximum absolute atomic E-state index is 5.24. The van der Waals surface area contributed by atoms with Crippen molar-refractivity contribution in [2.45, 2.75) is 47.5 Å². The first-order valence-corrected chi connectivity index (χ1v) is 7.26. The molecule has 0 aromatic carbocycles. The van der Waals surface area contributed by atoms with Crippen molar-refractivity contribution in [2.24, 2.45) is 5.73 Å². The lowest BCUT2D eigenvalue weighted by atomic mass is 10.5. The fraction of sp³-hybridized carbons (Fsp3) is 1.00.